The Morgan fingerprint density at radius 3 is 2.71 bits per heavy atom. The number of nitrogens with zero attached hydrogens (tertiary/aromatic N) is 6. The Morgan fingerprint density at radius 2 is 1.93 bits per heavy atom. The van der Waals surface area contributed by atoms with Gasteiger partial charge in [-0.1, -0.05) is 40.1 Å². The fourth-order valence-corrected chi connectivity index (χ4v) is 3.82. The molecule has 4 aromatic rings. The van der Waals surface area contributed by atoms with Gasteiger partial charge in [0.2, 0.25) is 0 Å². The highest BCUT2D eigenvalue weighted by molar-refractivity contribution is 7.98. The Kier molecular flexibility index (Phi) is 5.61. The molecule has 7 nitrogen and oxygen atoms in total. The molecule has 0 fully saturated rings. The molecule has 3 heterocycles. The summed E-state index contributed by atoms with van der Waals surface area (Å²) in [5.41, 5.74) is 1.57. The molecule has 142 valence electrons. The average Bonchev–Trinajstić information content (AvgIpc) is 3.35. The van der Waals surface area contributed by atoms with E-state index in [1.54, 1.807) is 30.6 Å². The summed E-state index contributed by atoms with van der Waals surface area (Å²) in [4.78, 5) is 8.45. The zero-order valence-electron chi connectivity index (χ0n) is 14.7. The minimum Gasteiger partial charge on any atom is -0.334 e. The molecule has 0 radical (unpaired) electrons. The largest absolute Gasteiger partial charge is 0.334 e. The third-order valence-electron chi connectivity index (χ3n) is 3.93. The number of thioether (sulfide) groups is 1. The Balaban J connectivity index is 1.52. The maximum Gasteiger partial charge on any atom is 0.259 e. The molecular weight excluding hydrogens is 419 g/mol. The lowest BCUT2D eigenvalue weighted by atomic mass is 10.2. The number of halogens is 2. The molecule has 0 saturated heterocycles. The van der Waals surface area contributed by atoms with Crippen molar-refractivity contribution < 1.29 is 4.52 Å². The lowest BCUT2D eigenvalue weighted by Gasteiger charge is -2.06. The lowest BCUT2D eigenvalue weighted by molar-refractivity contribution is 0.425. The van der Waals surface area contributed by atoms with Crippen molar-refractivity contribution in [2.45, 2.75) is 24.4 Å². The maximum absolute atomic E-state index is 6.20. The number of rotatable bonds is 6. The first-order valence-corrected chi connectivity index (χ1v) is 10.1. The van der Waals surface area contributed by atoms with Gasteiger partial charge < -0.3 is 9.09 Å². The molecule has 0 aliphatic heterocycles. The van der Waals surface area contributed by atoms with Gasteiger partial charge in [-0.15, -0.1) is 10.2 Å². The van der Waals surface area contributed by atoms with E-state index in [9.17, 15) is 0 Å². The molecule has 0 aliphatic carbocycles. The first-order chi connectivity index (χ1) is 13.7. The molecular formula is C18H14Cl2N6OS. The number of hydrogen-bond donors (Lipinski definition) is 0. The molecule has 0 bridgehead atoms. The summed E-state index contributed by atoms with van der Waals surface area (Å²) < 4.78 is 7.38. The normalized spacial score (nSPS) is 11.1. The fourth-order valence-electron chi connectivity index (χ4n) is 2.61. The van der Waals surface area contributed by atoms with Crippen molar-refractivity contribution in [3.8, 4) is 22.8 Å². The second kappa shape index (κ2) is 8.30. The molecule has 3 aromatic heterocycles. The van der Waals surface area contributed by atoms with E-state index in [4.69, 9.17) is 27.7 Å². The van der Waals surface area contributed by atoms with Gasteiger partial charge in [0.05, 0.1) is 16.3 Å². The van der Waals surface area contributed by atoms with Crippen molar-refractivity contribution >= 4 is 35.0 Å². The van der Waals surface area contributed by atoms with E-state index in [1.165, 1.54) is 11.8 Å². The van der Waals surface area contributed by atoms with Gasteiger partial charge in [0, 0.05) is 29.5 Å². The minimum absolute atomic E-state index is 0.331. The second-order valence-corrected chi connectivity index (χ2v) is 7.50. The first-order valence-electron chi connectivity index (χ1n) is 8.40. The van der Waals surface area contributed by atoms with E-state index < -0.39 is 0 Å². The Hall–Kier alpha value is -2.42. The molecule has 0 aliphatic rings. The zero-order valence-corrected chi connectivity index (χ0v) is 17.0. The third kappa shape index (κ3) is 3.89. The standard InChI is InChI=1S/C18H14Cl2N6OS/c1-2-26-16(11-5-7-21-8-6-11)23-24-18(26)28-10-15-22-17(27-25-15)13-9-12(19)3-4-14(13)20/h3-9H,2,10H2,1H3. The summed E-state index contributed by atoms with van der Waals surface area (Å²) in [6.07, 6.45) is 3.47. The van der Waals surface area contributed by atoms with E-state index in [-0.39, 0.29) is 0 Å². The summed E-state index contributed by atoms with van der Waals surface area (Å²) in [7, 11) is 0. The van der Waals surface area contributed by atoms with Gasteiger partial charge in [0.1, 0.15) is 0 Å². The Morgan fingerprint density at radius 1 is 1.11 bits per heavy atom. The van der Waals surface area contributed by atoms with Crippen molar-refractivity contribution in [3.63, 3.8) is 0 Å². The van der Waals surface area contributed by atoms with Gasteiger partial charge in [-0.05, 0) is 37.3 Å². The Bertz CT molecular complexity index is 1100. The van der Waals surface area contributed by atoms with Crippen molar-refractivity contribution in [1.82, 2.24) is 29.9 Å². The lowest BCUT2D eigenvalue weighted by Crippen LogP contribution is -2.00. The Labute approximate surface area is 175 Å². The van der Waals surface area contributed by atoms with Crippen LogP contribution in [-0.2, 0) is 12.3 Å². The van der Waals surface area contributed by atoms with Crippen LogP contribution in [0.2, 0.25) is 10.0 Å². The molecule has 1 aromatic carbocycles. The van der Waals surface area contributed by atoms with E-state index in [2.05, 4.69) is 25.3 Å². The molecule has 28 heavy (non-hydrogen) atoms. The molecule has 0 atom stereocenters. The molecule has 10 heteroatoms. The summed E-state index contributed by atoms with van der Waals surface area (Å²) in [5, 5.41) is 14.5. The van der Waals surface area contributed by atoms with E-state index in [0.29, 0.717) is 33.1 Å². The highest BCUT2D eigenvalue weighted by Gasteiger charge is 2.16. The monoisotopic (exact) mass is 432 g/mol. The third-order valence-corrected chi connectivity index (χ3v) is 5.46. The molecule has 0 amide bonds. The topological polar surface area (TPSA) is 82.5 Å². The van der Waals surface area contributed by atoms with Gasteiger partial charge in [0.25, 0.3) is 5.89 Å². The summed E-state index contributed by atoms with van der Waals surface area (Å²) in [6, 6.07) is 8.92. The van der Waals surface area contributed by atoms with Crippen LogP contribution >= 0.6 is 35.0 Å². The molecule has 4 rings (SSSR count). The predicted octanol–water partition coefficient (Wildman–Crippen LogP) is 5.01. The van der Waals surface area contributed by atoms with Crippen molar-refractivity contribution in [2.24, 2.45) is 0 Å². The molecule has 0 saturated carbocycles. The fraction of sp³-hybridized carbons (Fsp3) is 0.167. The van der Waals surface area contributed by atoms with Crippen LogP contribution in [0.3, 0.4) is 0 Å². The summed E-state index contributed by atoms with van der Waals surface area (Å²) in [6.45, 7) is 2.79. The average molecular weight is 433 g/mol. The number of hydrogen-bond acceptors (Lipinski definition) is 7. The van der Waals surface area contributed by atoms with Crippen LogP contribution in [0.1, 0.15) is 12.7 Å². The van der Waals surface area contributed by atoms with Crippen LogP contribution in [0, 0.1) is 0 Å². The van der Waals surface area contributed by atoms with Crippen molar-refractivity contribution in [1.29, 1.82) is 0 Å². The van der Waals surface area contributed by atoms with Crippen molar-refractivity contribution in [3.05, 3.63) is 58.6 Å². The number of pyridine rings is 1. The van der Waals surface area contributed by atoms with Crippen LogP contribution in [0.5, 0.6) is 0 Å². The first kappa shape index (κ1) is 18.9. The summed E-state index contributed by atoms with van der Waals surface area (Å²) >= 11 is 13.7. The smallest absolute Gasteiger partial charge is 0.259 e. The summed E-state index contributed by atoms with van der Waals surface area (Å²) in [5.74, 6) is 2.15. The predicted molar refractivity (Wildman–Crippen MR) is 108 cm³/mol. The van der Waals surface area contributed by atoms with E-state index in [0.717, 1.165) is 23.1 Å². The van der Waals surface area contributed by atoms with E-state index >= 15 is 0 Å². The van der Waals surface area contributed by atoms with Crippen LogP contribution < -0.4 is 0 Å². The highest BCUT2D eigenvalue weighted by Crippen LogP contribution is 2.30. The molecule has 0 unspecified atom stereocenters. The van der Waals surface area contributed by atoms with E-state index in [1.807, 2.05) is 23.6 Å². The minimum atomic E-state index is 0.331. The van der Waals surface area contributed by atoms with Crippen LogP contribution in [-0.4, -0.2) is 29.9 Å². The van der Waals surface area contributed by atoms with Gasteiger partial charge >= 0.3 is 0 Å². The van der Waals surface area contributed by atoms with Crippen LogP contribution in [0.25, 0.3) is 22.8 Å². The molecule has 0 N–H and O–H groups in total. The SMILES string of the molecule is CCn1c(SCc2noc(-c3cc(Cl)ccc3Cl)n2)nnc1-c1ccncc1. The van der Waals surface area contributed by atoms with Gasteiger partial charge in [-0.3, -0.25) is 4.98 Å². The van der Waals surface area contributed by atoms with Gasteiger partial charge in [-0.25, -0.2) is 0 Å². The number of aromatic nitrogens is 6. The van der Waals surface area contributed by atoms with Gasteiger partial charge in [-0.2, -0.15) is 4.98 Å². The highest BCUT2D eigenvalue weighted by atomic mass is 35.5. The number of benzene rings is 1. The molecule has 0 spiro atoms. The van der Waals surface area contributed by atoms with Crippen LogP contribution in [0.4, 0.5) is 0 Å². The zero-order chi connectivity index (χ0) is 19.5. The van der Waals surface area contributed by atoms with Crippen LogP contribution in [0.15, 0.2) is 52.4 Å². The van der Waals surface area contributed by atoms with Crippen molar-refractivity contribution in [2.75, 3.05) is 0 Å². The maximum atomic E-state index is 6.20. The quantitative estimate of drug-likeness (QED) is 0.396. The second-order valence-electron chi connectivity index (χ2n) is 5.71. The van der Waals surface area contributed by atoms with Gasteiger partial charge in [0.15, 0.2) is 16.8 Å².